The quantitative estimate of drug-likeness (QED) is 0.0738. The average molecular weight is 686 g/mol. The van der Waals surface area contributed by atoms with Crippen LogP contribution in [0.4, 0.5) is 4.79 Å². The molecule has 0 saturated carbocycles. The fourth-order valence-electron chi connectivity index (χ4n) is 5.76. The lowest BCUT2D eigenvalue weighted by molar-refractivity contribution is -0.700. The molecular formula is C35H61BrN2O4S. The van der Waals surface area contributed by atoms with E-state index in [1.54, 1.807) is 0 Å². The largest absolute Gasteiger partial charge is 1.00 e. The second-order valence-corrected chi connectivity index (χ2v) is 13.4. The van der Waals surface area contributed by atoms with Crippen molar-refractivity contribution in [1.29, 1.82) is 0 Å². The molecule has 1 saturated heterocycles. The zero-order valence-corrected chi connectivity index (χ0v) is 30.2. The van der Waals surface area contributed by atoms with Crippen LogP contribution in [0.15, 0.2) is 6.20 Å². The number of aryl methyl sites for hydroxylation is 1. The van der Waals surface area contributed by atoms with Gasteiger partial charge >= 0.3 is 12.1 Å². The number of halogens is 1. The van der Waals surface area contributed by atoms with Gasteiger partial charge in [-0.1, -0.05) is 117 Å². The van der Waals surface area contributed by atoms with Gasteiger partial charge in [0.2, 0.25) is 6.20 Å². The summed E-state index contributed by atoms with van der Waals surface area (Å²) in [7, 11) is 1.43. The van der Waals surface area contributed by atoms with E-state index >= 15 is 0 Å². The van der Waals surface area contributed by atoms with E-state index < -0.39 is 6.09 Å². The summed E-state index contributed by atoms with van der Waals surface area (Å²) in [6, 6.07) is 0. The number of nitrogens with one attached hydrogen (secondary N) is 1. The number of hydrogen-bond donors (Lipinski definition) is 1. The van der Waals surface area contributed by atoms with Crippen LogP contribution in [0.3, 0.4) is 0 Å². The van der Waals surface area contributed by atoms with Crippen LogP contribution < -0.4 is 31.6 Å². The van der Waals surface area contributed by atoms with E-state index in [4.69, 9.17) is 9.47 Å². The van der Waals surface area contributed by atoms with Crippen molar-refractivity contribution in [2.75, 3.05) is 19.4 Å². The number of unbranched alkanes of at least 4 members (excludes halogenated alkanes) is 17. The maximum Gasteiger partial charge on any atom is 0.412 e. The number of methoxy groups -OCH3 is 1. The summed E-state index contributed by atoms with van der Waals surface area (Å²) in [5.74, 6) is 1.29. The number of carbonyl (C=O) groups is 2. The van der Waals surface area contributed by atoms with E-state index in [-0.39, 0.29) is 28.2 Å². The Labute approximate surface area is 278 Å². The Morgan fingerprint density at radius 3 is 1.79 bits per heavy atom. The molecule has 2 rings (SSSR count). The van der Waals surface area contributed by atoms with Gasteiger partial charge in [0.25, 0.3) is 5.69 Å². The molecule has 1 aromatic heterocycles. The number of carbonyl (C=O) groups excluding carboxylic acids is 2. The summed E-state index contributed by atoms with van der Waals surface area (Å²) in [6.07, 6.45) is 26.9. The molecule has 248 valence electrons. The molecule has 1 aromatic rings. The highest BCUT2D eigenvalue weighted by Crippen LogP contribution is 2.46. The Hall–Kier alpha value is -1.28. The number of hydrogen-bond acceptors (Lipinski definition) is 5. The molecule has 1 N–H and O–H groups in total. The maximum absolute atomic E-state index is 12.8. The van der Waals surface area contributed by atoms with E-state index in [9.17, 15) is 9.59 Å². The van der Waals surface area contributed by atoms with Crippen LogP contribution in [0, 0.1) is 6.92 Å². The van der Waals surface area contributed by atoms with Crippen molar-refractivity contribution in [3.05, 3.63) is 23.0 Å². The predicted molar refractivity (Wildman–Crippen MR) is 176 cm³/mol. The lowest BCUT2D eigenvalue weighted by atomic mass is 10.00. The minimum atomic E-state index is -0.419. The number of nitrogens with zero attached hydrogens (tertiary/aromatic N) is 1. The third-order valence-electron chi connectivity index (χ3n) is 8.49. The van der Waals surface area contributed by atoms with Crippen molar-refractivity contribution < 1.29 is 40.6 Å². The standard InChI is InChI=1S/C35H60N2O4S.BrH/c1-5-7-9-10-11-12-13-14-15-16-17-18-19-20-21-22-25-36-35(39)41-30-28-37(26-23-8-6-2)33(34(38)40-4)32(29(30)3)31-24-27-42-31;/h28,31H,5-27H2,1-4H3;1H. The number of amides is 1. The van der Waals surface area contributed by atoms with Gasteiger partial charge in [0.1, 0.15) is 6.54 Å². The molecule has 2 heterocycles. The molecular weight excluding hydrogens is 624 g/mol. The third kappa shape index (κ3) is 15.5. The summed E-state index contributed by atoms with van der Waals surface area (Å²) in [6.45, 7) is 7.71. The van der Waals surface area contributed by atoms with Gasteiger partial charge in [-0.3, -0.25) is 0 Å². The van der Waals surface area contributed by atoms with Crippen LogP contribution in [-0.4, -0.2) is 31.5 Å². The van der Waals surface area contributed by atoms with Crippen molar-refractivity contribution in [2.24, 2.45) is 0 Å². The fraction of sp³-hybridized carbons (Fsp3) is 0.800. The van der Waals surface area contributed by atoms with Crippen molar-refractivity contribution in [1.82, 2.24) is 5.32 Å². The molecule has 6 nitrogen and oxygen atoms in total. The molecule has 0 spiro atoms. The predicted octanol–water partition coefficient (Wildman–Crippen LogP) is 6.79. The van der Waals surface area contributed by atoms with E-state index in [0.717, 1.165) is 55.4 Å². The maximum atomic E-state index is 12.8. The van der Waals surface area contributed by atoms with Crippen LogP contribution in [-0.2, 0) is 11.3 Å². The summed E-state index contributed by atoms with van der Waals surface area (Å²) >= 11 is 1.84. The number of esters is 1. The highest BCUT2D eigenvalue weighted by molar-refractivity contribution is 8.00. The summed E-state index contributed by atoms with van der Waals surface area (Å²) in [5.41, 5.74) is 2.42. The minimum absolute atomic E-state index is 0. The Morgan fingerprint density at radius 2 is 1.33 bits per heavy atom. The molecule has 1 aliphatic rings. The first-order valence-electron chi connectivity index (χ1n) is 17.3. The number of pyridine rings is 1. The lowest BCUT2D eigenvalue weighted by Gasteiger charge is -2.27. The average Bonchev–Trinajstić information content (AvgIpc) is 2.95. The van der Waals surface area contributed by atoms with Gasteiger partial charge in [-0.15, -0.1) is 0 Å². The van der Waals surface area contributed by atoms with E-state index in [2.05, 4.69) is 19.2 Å². The van der Waals surface area contributed by atoms with Crippen molar-refractivity contribution in [2.45, 2.75) is 161 Å². The Morgan fingerprint density at radius 1 is 0.837 bits per heavy atom. The Bertz CT molecular complexity index is 910. The van der Waals surface area contributed by atoms with Crippen molar-refractivity contribution in [3.63, 3.8) is 0 Å². The van der Waals surface area contributed by atoms with Crippen LogP contribution >= 0.6 is 11.8 Å². The van der Waals surface area contributed by atoms with Crippen LogP contribution in [0.2, 0.25) is 0 Å². The highest BCUT2D eigenvalue weighted by Gasteiger charge is 2.37. The van der Waals surface area contributed by atoms with Crippen LogP contribution in [0.1, 0.15) is 169 Å². The van der Waals surface area contributed by atoms with Crippen molar-refractivity contribution >= 4 is 23.8 Å². The van der Waals surface area contributed by atoms with Gasteiger partial charge in [-0.05, 0) is 31.9 Å². The normalized spacial score (nSPS) is 14.1. The molecule has 0 radical (unpaired) electrons. The molecule has 1 amide bonds. The number of rotatable bonds is 24. The fourth-order valence-corrected chi connectivity index (χ4v) is 6.69. The Balaban J connectivity index is 0.00000924. The first-order valence-corrected chi connectivity index (χ1v) is 18.3. The summed E-state index contributed by atoms with van der Waals surface area (Å²) in [5, 5.41) is 3.17. The van der Waals surface area contributed by atoms with Crippen LogP contribution in [0.5, 0.6) is 5.75 Å². The van der Waals surface area contributed by atoms with Crippen LogP contribution in [0.25, 0.3) is 0 Å². The SMILES string of the molecule is CCCCCCCCCCCCCCCCCCNC(=O)Oc1c[n+](CCCCC)c(C(=O)OC)c(C2CCS2)c1C.[Br-]. The molecule has 1 unspecified atom stereocenters. The summed E-state index contributed by atoms with van der Waals surface area (Å²) < 4.78 is 12.9. The molecule has 8 heteroatoms. The zero-order chi connectivity index (χ0) is 30.4. The van der Waals surface area contributed by atoms with Gasteiger partial charge in [0.15, 0.2) is 5.75 Å². The molecule has 1 fully saturated rings. The molecule has 1 aliphatic heterocycles. The number of aromatic nitrogens is 1. The monoisotopic (exact) mass is 684 g/mol. The van der Waals surface area contributed by atoms with E-state index in [1.165, 1.54) is 97.0 Å². The van der Waals surface area contributed by atoms with Gasteiger partial charge < -0.3 is 31.8 Å². The first-order chi connectivity index (χ1) is 20.5. The van der Waals surface area contributed by atoms with Gasteiger partial charge in [-0.2, -0.15) is 16.3 Å². The second kappa shape index (κ2) is 25.0. The topological polar surface area (TPSA) is 68.5 Å². The summed E-state index contributed by atoms with van der Waals surface area (Å²) in [4.78, 5) is 25.5. The Kier molecular flexibility index (Phi) is 23.1. The van der Waals surface area contributed by atoms with E-state index in [1.807, 2.05) is 29.4 Å². The van der Waals surface area contributed by atoms with Gasteiger partial charge in [0.05, 0.1) is 12.7 Å². The third-order valence-corrected chi connectivity index (χ3v) is 9.84. The molecule has 43 heavy (non-hydrogen) atoms. The zero-order valence-electron chi connectivity index (χ0n) is 27.8. The first kappa shape index (κ1) is 39.7. The molecule has 0 aromatic carbocycles. The molecule has 0 bridgehead atoms. The smallest absolute Gasteiger partial charge is 0.412 e. The lowest BCUT2D eigenvalue weighted by Crippen LogP contribution is -3.00. The van der Waals surface area contributed by atoms with Gasteiger partial charge in [0, 0.05) is 23.8 Å². The second-order valence-electron chi connectivity index (χ2n) is 12.0. The number of thioether (sulfide) groups is 1. The van der Waals surface area contributed by atoms with Gasteiger partial charge in [-0.25, -0.2) is 9.59 Å². The number of ether oxygens (including phenoxy) is 2. The van der Waals surface area contributed by atoms with Crippen molar-refractivity contribution in [3.8, 4) is 5.75 Å². The molecule has 0 aliphatic carbocycles. The minimum Gasteiger partial charge on any atom is -1.00 e. The highest BCUT2D eigenvalue weighted by atomic mass is 79.9. The molecule has 1 atom stereocenters. The van der Waals surface area contributed by atoms with E-state index in [0.29, 0.717) is 24.5 Å².